The molecule has 0 aromatic heterocycles. The first-order chi connectivity index (χ1) is 14.5. The van der Waals surface area contributed by atoms with Crippen molar-refractivity contribution in [3.05, 3.63) is 77.9 Å². The Balaban J connectivity index is 1.70. The number of allylic oxidation sites excluding steroid dienone is 2. The van der Waals surface area contributed by atoms with Crippen molar-refractivity contribution in [2.24, 2.45) is 11.3 Å². The van der Waals surface area contributed by atoms with Gasteiger partial charge in [0.25, 0.3) is 0 Å². The second-order valence-corrected chi connectivity index (χ2v) is 9.48. The van der Waals surface area contributed by atoms with Crippen molar-refractivity contribution in [1.82, 2.24) is 0 Å². The molecule has 0 spiro atoms. The number of benzene rings is 2. The molecule has 2 aliphatic rings. The normalized spacial score (nSPS) is 24.2. The molecule has 3 heteroatoms. The van der Waals surface area contributed by atoms with Crippen molar-refractivity contribution in [3.8, 4) is 5.75 Å². The fourth-order valence-electron chi connectivity index (χ4n) is 5.22. The summed E-state index contributed by atoms with van der Waals surface area (Å²) >= 11 is 0. The van der Waals surface area contributed by atoms with Crippen LogP contribution in [0, 0.1) is 11.3 Å². The second-order valence-electron chi connectivity index (χ2n) is 8.82. The lowest BCUT2D eigenvalue weighted by atomic mass is 9.52. The maximum absolute atomic E-state index is 12.9. The molecule has 156 valence electrons. The number of methoxy groups -OCH3 is 1. The van der Waals surface area contributed by atoms with Gasteiger partial charge >= 0.3 is 0 Å². The van der Waals surface area contributed by atoms with E-state index in [1.54, 1.807) is 7.11 Å². The zero-order valence-corrected chi connectivity index (χ0v) is 18.9. The third-order valence-corrected chi connectivity index (χ3v) is 7.33. The van der Waals surface area contributed by atoms with E-state index in [-0.39, 0.29) is 11.3 Å². The molecule has 2 aromatic carbocycles. The van der Waals surface area contributed by atoms with Crippen LogP contribution in [0.2, 0.25) is 0 Å². The molecule has 0 N–H and O–H groups in total. The predicted octanol–water partition coefficient (Wildman–Crippen LogP) is 6.09. The topological polar surface area (TPSA) is 26.3 Å². The molecule has 2 aliphatic carbocycles. The van der Waals surface area contributed by atoms with E-state index in [1.165, 1.54) is 31.3 Å². The van der Waals surface area contributed by atoms with Gasteiger partial charge in [0.05, 0.1) is 13.0 Å². The molecule has 30 heavy (non-hydrogen) atoms. The van der Waals surface area contributed by atoms with Gasteiger partial charge in [0, 0.05) is 17.4 Å². The van der Waals surface area contributed by atoms with Gasteiger partial charge in [-0.3, -0.25) is 4.79 Å². The Bertz CT molecular complexity index is 953. The minimum absolute atomic E-state index is 0.150. The SMILES string of the molecule is C=C(CC1CCCC1)C1(/C=C/c2ccccc2OC)CC(=O)C1c1ccc(P)cc1. The van der Waals surface area contributed by atoms with E-state index < -0.39 is 0 Å². The van der Waals surface area contributed by atoms with E-state index in [9.17, 15) is 4.79 Å². The van der Waals surface area contributed by atoms with Gasteiger partial charge in [-0.15, -0.1) is 9.24 Å². The van der Waals surface area contributed by atoms with Crippen molar-refractivity contribution in [3.63, 3.8) is 0 Å². The largest absolute Gasteiger partial charge is 0.496 e. The van der Waals surface area contributed by atoms with Crippen LogP contribution in [0.4, 0.5) is 0 Å². The van der Waals surface area contributed by atoms with Crippen molar-refractivity contribution in [2.45, 2.75) is 44.4 Å². The van der Waals surface area contributed by atoms with Gasteiger partial charge in [-0.1, -0.05) is 92.5 Å². The number of carbonyl (C=O) groups excluding carboxylic acids is 1. The molecule has 0 aliphatic heterocycles. The van der Waals surface area contributed by atoms with Crippen LogP contribution in [0.15, 0.2) is 66.8 Å². The number of ketones is 1. The fourth-order valence-corrected chi connectivity index (χ4v) is 5.41. The summed E-state index contributed by atoms with van der Waals surface area (Å²) in [5.74, 6) is 1.71. The lowest BCUT2D eigenvalue weighted by molar-refractivity contribution is -0.131. The van der Waals surface area contributed by atoms with Crippen molar-refractivity contribution in [1.29, 1.82) is 0 Å². The number of Topliss-reactive ketones (excluding diaryl/α,β-unsaturated/α-hetero) is 1. The quantitative estimate of drug-likeness (QED) is 0.402. The summed E-state index contributed by atoms with van der Waals surface area (Å²) in [5, 5.41) is 1.13. The number of carbonyl (C=O) groups is 1. The first kappa shape index (κ1) is 21.1. The molecule has 3 atom stereocenters. The van der Waals surface area contributed by atoms with Gasteiger partial charge in [-0.05, 0) is 29.3 Å². The average Bonchev–Trinajstić information content (AvgIpc) is 3.25. The standard InChI is InChI=1S/C27H31O2P/c1-19(17-20-7-3-4-8-20)27(16-15-21-9-5-6-10-25(21)29-2)18-24(28)26(27)22-11-13-23(30)14-12-22/h5-6,9-16,20,26H,1,3-4,7-8,17-18,30H2,2H3/b16-15+. The third-order valence-electron chi connectivity index (χ3n) is 6.94. The highest BCUT2D eigenvalue weighted by Gasteiger charge is 2.54. The lowest BCUT2D eigenvalue weighted by Crippen LogP contribution is -2.46. The van der Waals surface area contributed by atoms with Gasteiger partial charge in [0.2, 0.25) is 0 Å². The first-order valence-electron chi connectivity index (χ1n) is 10.9. The van der Waals surface area contributed by atoms with Crippen molar-refractivity contribution >= 4 is 26.4 Å². The highest BCUT2D eigenvalue weighted by Crippen LogP contribution is 2.57. The van der Waals surface area contributed by atoms with Crippen LogP contribution in [-0.2, 0) is 4.79 Å². The van der Waals surface area contributed by atoms with E-state index in [2.05, 4.69) is 58.3 Å². The highest BCUT2D eigenvalue weighted by molar-refractivity contribution is 7.27. The summed E-state index contributed by atoms with van der Waals surface area (Å²) in [6.45, 7) is 4.56. The molecule has 0 bridgehead atoms. The van der Waals surface area contributed by atoms with Gasteiger partial charge in [-0.25, -0.2) is 0 Å². The number of hydrogen-bond acceptors (Lipinski definition) is 2. The number of hydrogen-bond donors (Lipinski definition) is 0. The van der Waals surface area contributed by atoms with Crippen molar-refractivity contribution in [2.75, 3.05) is 7.11 Å². The Hall–Kier alpha value is -2.18. The fraction of sp³-hybridized carbons (Fsp3) is 0.370. The van der Waals surface area contributed by atoms with Gasteiger partial charge in [-0.2, -0.15) is 0 Å². The van der Waals surface area contributed by atoms with E-state index in [4.69, 9.17) is 4.74 Å². The third kappa shape index (κ3) is 4.03. The molecule has 0 heterocycles. The Morgan fingerprint density at radius 2 is 1.87 bits per heavy atom. The van der Waals surface area contributed by atoms with Crippen LogP contribution < -0.4 is 10.0 Å². The zero-order valence-electron chi connectivity index (χ0n) is 17.8. The minimum atomic E-state index is -0.317. The second kappa shape index (κ2) is 8.90. The molecular formula is C27H31O2P. The number of ether oxygens (including phenoxy) is 1. The average molecular weight is 419 g/mol. The lowest BCUT2D eigenvalue weighted by Gasteiger charge is -2.48. The molecule has 0 saturated heterocycles. The smallest absolute Gasteiger partial charge is 0.142 e. The van der Waals surface area contributed by atoms with Crippen molar-refractivity contribution < 1.29 is 9.53 Å². The number of rotatable bonds is 7. The Labute approximate surface area is 182 Å². The molecule has 3 unspecified atom stereocenters. The van der Waals surface area contributed by atoms with Crippen LogP contribution in [0.1, 0.15) is 55.6 Å². The van der Waals surface area contributed by atoms with Crippen LogP contribution in [0.5, 0.6) is 5.75 Å². The molecule has 2 aromatic rings. The summed E-state index contributed by atoms with van der Waals surface area (Å²) in [5.41, 5.74) is 3.02. The molecule has 4 rings (SSSR count). The summed E-state index contributed by atoms with van der Waals surface area (Å²) in [7, 11) is 4.41. The Kier molecular flexibility index (Phi) is 6.25. The van der Waals surface area contributed by atoms with E-state index in [0.29, 0.717) is 18.1 Å². The summed E-state index contributed by atoms with van der Waals surface area (Å²) in [6, 6.07) is 16.4. The van der Waals surface area contributed by atoms with Gasteiger partial charge in [0.1, 0.15) is 11.5 Å². The van der Waals surface area contributed by atoms with E-state index in [0.717, 1.165) is 28.6 Å². The monoisotopic (exact) mass is 418 g/mol. The van der Waals surface area contributed by atoms with Crippen LogP contribution in [0.25, 0.3) is 6.08 Å². The van der Waals surface area contributed by atoms with Gasteiger partial charge < -0.3 is 4.74 Å². The predicted molar refractivity (Wildman–Crippen MR) is 128 cm³/mol. The maximum atomic E-state index is 12.9. The van der Waals surface area contributed by atoms with Crippen LogP contribution >= 0.6 is 9.24 Å². The van der Waals surface area contributed by atoms with Crippen LogP contribution in [-0.4, -0.2) is 12.9 Å². The van der Waals surface area contributed by atoms with Crippen LogP contribution in [0.3, 0.4) is 0 Å². The highest BCUT2D eigenvalue weighted by atomic mass is 31.0. The Morgan fingerprint density at radius 3 is 2.53 bits per heavy atom. The molecule has 2 fully saturated rings. The Morgan fingerprint density at radius 1 is 1.17 bits per heavy atom. The summed E-state index contributed by atoms with van der Waals surface area (Å²) in [4.78, 5) is 12.9. The zero-order chi connectivity index (χ0) is 21.1. The number of para-hydroxylation sites is 1. The van der Waals surface area contributed by atoms with E-state index in [1.807, 2.05) is 18.2 Å². The molecule has 0 radical (unpaired) electrons. The molecular weight excluding hydrogens is 387 g/mol. The molecule has 2 saturated carbocycles. The summed E-state index contributed by atoms with van der Waals surface area (Å²) < 4.78 is 5.53. The molecule has 0 amide bonds. The van der Waals surface area contributed by atoms with Gasteiger partial charge in [0.15, 0.2) is 0 Å². The minimum Gasteiger partial charge on any atom is -0.496 e. The first-order valence-corrected chi connectivity index (χ1v) is 11.5. The molecule has 2 nitrogen and oxygen atoms in total. The van der Waals surface area contributed by atoms with E-state index >= 15 is 0 Å². The maximum Gasteiger partial charge on any atom is 0.142 e. The summed E-state index contributed by atoms with van der Waals surface area (Å²) in [6.07, 6.45) is 11.1.